The fourth-order valence-corrected chi connectivity index (χ4v) is 4.85. The monoisotopic (exact) mass is 433 g/mol. The van der Waals surface area contributed by atoms with E-state index in [1.807, 2.05) is 23.6 Å². The molecule has 3 aromatic rings. The van der Waals surface area contributed by atoms with E-state index in [1.165, 1.54) is 11.3 Å². The Balaban J connectivity index is 1.45. The molecular weight excluding hydrogens is 410 g/mol. The smallest absolute Gasteiger partial charge is 0.141 e. The molecule has 2 aliphatic rings. The summed E-state index contributed by atoms with van der Waals surface area (Å²) >= 11 is 1.49. The van der Waals surface area contributed by atoms with Crippen LogP contribution in [0.5, 0.6) is 0 Å². The maximum atomic E-state index is 9.70. The summed E-state index contributed by atoms with van der Waals surface area (Å²) in [6.45, 7) is 5.50. The summed E-state index contributed by atoms with van der Waals surface area (Å²) in [4.78, 5) is 18.7. The average molecular weight is 434 g/mol. The molecule has 3 aromatic heterocycles. The maximum Gasteiger partial charge on any atom is 0.141 e. The first-order valence-corrected chi connectivity index (χ1v) is 11.3. The molecule has 31 heavy (non-hydrogen) atoms. The number of hydrogen-bond donors (Lipinski definition) is 1. The Labute approximate surface area is 184 Å². The van der Waals surface area contributed by atoms with Gasteiger partial charge in [0, 0.05) is 43.8 Å². The third-order valence-electron chi connectivity index (χ3n) is 5.84. The molecule has 0 radical (unpaired) electrons. The Bertz CT molecular complexity index is 1110. The highest BCUT2D eigenvalue weighted by Gasteiger charge is 2.29. The van der Waals surface area contributed by atoms with Crippen molar-refractivity contribution in [3.05, 3.63) is 41.4 Å². The summed E-state index contributed by atoms with van der Waals surface area (Å²) in [6.07, 6.45) is 2.84. The van der Waals surface area contributed by atoms with Crippen LogP contribution in [0.3, 0.4) is 0 Å². The molecule has 2 saturated heterocycles. The summed E-state index contributed by atoms with van der Waals surface area (Å²) in [6, 6.07) is 10.3. The van der Waals surface area contributed by atoms with Crippen molar-refractivity contribution in [1.82, 2.24) is 19.9 Å². The van der Waals surface area contributed by atoms with E-state index in [2.05, 4.69) is 20.9 Å². The molecule has 2 fully saturated rings. The van der Waals surface area contributed by atoms with Crippen LogP contribution in [0.15, 0.2) is 35.8 Å². The zero-order valence-corrected chi connectivity index (χ0v) is 17.9. The summed E-state index contributed by atoms with van der Waals surface area (Å²) in [7, 11) is 0. The number of nitrogen functional groups attached to an aromatic ring is 1. The van der Waals surface area contributed by atoms with E-state index in [0.29, 0.717) is 34.4 Å². The molecule has 0 aromatic carbocycles. The number of morpholine rings is 1. The van der Waals surface area contributed by atoms with Gasteiger partial charge in [0.25, 0.3) is 0 Å². The maximum absolute atomic E-state index is 9.70. The Morgan fingerprint density at radius 3 is 2.81 bits per heavy atom. The van der Waals surface area contributed by atoms with Crippen molar-refractivity contribution in [1.29, 1.82) is 5.26 Å². The van der Waals surface area contributed by atoms with E-state index in [0.717, 1.165) is 56.6 Å². The van der Waals surface area contributed by atoms with Crippen molar-refractivity contribution in [3.8, 4) is 28.2 Å². The topological polar surface area (TPSA) is 104 Å². The molecule has 158 valence electrons. The van der Waals surface area contributed by atoms with Crippen LogP contribution in [-0.4, -0.2) is 65.3 Å². The summed E-state index contributed by atoms with van der Waals surface area (Å²) in [5.74, 6) is 0.900. The molecule has 2 aliphatic heterocycles. The molecule has 0 spiro atoms. The van der Waals surface area contributed by atoms with Crippen molar-refractivity contribution >= 4 is 22.8 Å². The Morgan fingerprint density at radius 2 is 2.03 bits per heavy atom. The molecule has 9 heteroatoms. The highest BCUT2D eigenvalue weighted by Crippen LogP contribution is 2.31. The van der Waals surface area contributed by atoms with Crippen molar-refractivity contribution in [3.63, 3.8) is 0 Å². The lowest BCUT2D eigenvalue weighted by molar-refractivity contribution is 0.0209. The van der Waals surface area contributed by atoms with Gasteiger partial charge < -0.3 is 15.4 Å². The molecule has 1 unspecified atom stereocenters. The van der Waals surface area contributed by atoms with Crippen LogP contribution in [0, 0.1) is 11.3 Å². The first kappa shape index (κ1) is 19.9. The number of nitrogens with zero attached hydrogens (tertiary/aromatic N) is 6. The summed E-state index contributed by atoms with van der Waals surface area (Å²) in [5, 5.41) is 12.4. The molecule has 8 nitrogen and oxygen atoms in total. The van der Waals surface area contributed by atoms with E-state index < -0.39 is 0 Å². The van der Waals surface area contributed by atoms with Crippen molar-refractivity contribution in [2.45, 2.75) is 12.5 Å². The number of hydrogen-bond acceptors (Lipinski definition) is 9. The van der Waals surface area contributed by atoms with Gasteiger partial charge in [0.15, 0.2) is 0 Å². The zero-order valence-electron chi connectivity index (χ0n) is 17.1. The van der Waals surface area contributed by atoms with Gasteiger partial charge in [0.2, 0.25) is 0 Å². The first-order valence-electron chi connectivity index (χ1n) is 10.4. The lowest BCUT2D eigenvalue weighted by Crippen LogP contribution is -2.44. The predicted octanol–water partition coefficient (Wildman–Crippen LogP) is 2.63. The number of aromatic nitrogens is 3. The van der Waals surface area contributed by atoms with Gasteiger partial charge in [-0.05, 0) is 24.6 Å². The normalized spacial score (nSPS) is 19.5. The number of pyridine rings is 2. The number of nitrogens with two attached hydrogens (primary N) is 1. The summed E-state index contributed by atoms with van der Waals surface area (Å²) < 4.78 is 5.49. The predicted molar refractivity (Wildman–Crippen MR) is 121 cm³/mol. The van der Waals surface area contributed by atoms with Gasteiger partial charge in [-0.15, -0.1) is 11.3 Å². The van der Waals surface area contributed by atoms with Crippen LogP contribution in [0.25, 0.3) is 22.1 Å². The van der Waals surface area contributed by atoms with Gasteiger partial charge in [-0.3, -0.25) is 4.90 Å². The van der Waals surface area contributed by atoms with Gasteiger partial charge >= 0.3 is 0 Å². The van der Waals surface area contributed by atoms with Crippen LogP contribution in [-0.2, 0) is 4.74 Å². The van der Waals surface area contributed by atoms with Crippen LogP contribution in [0.4, 0.5) is 11.5 Å². The van der Waals surface area contributed by atoms with Gasteiger partial charge in [-0.1, -0.05) is 6.07 Å². The number of rotatable bonds is 4. The van der Waals surface area contributed by atoms with E-state index in [4.69, 9.17) is 20.4 Å². The molecular formula is C22H23N7OS. The quantitative estimate of drug-likeness (QED) is 0.670. The Kier molecular flexibility index (Phi) is 5.51. The van der Waals surface area contributed by atoms with E-state index in [9.17, 15) is 5.26 Å². The average Bonchev–Trinajstić information content (AvgIpc) is 3.52. The molecule has 2 N–H and O–H groups in total. The Hall–Kier alpha value is -3.06. The number of thiazole rings is 1. The second-order valence-corrected chi connectivity index (χ2v) is 8.58. The number of nitriles is 1. The fraction of sp³-hybridized carbons (Fsp3) is 0.364. The second kappa shape index (κ2) is 8.59. The largest absolute Gasteiger partial charge is 0.398 e. The lowest BCUT2D eigenvalue weighted by Gasteiger charge is -2.32. The van der Waals surface area contributed by atoms with Gasteiger partial charge in [0.1, 0.15) is 33.8 Å². The molecule has 1 atom stereocenters. The number of ether oxygens (including phenoxy) is 1. The molecule has 5 heterocycles. The molecule has 0 saturated carbocycles. The SMILES string of the molecule is N#Cc1c(N)cc(-c2nccs2)nc1-c1cccc(N2CCC(N3CCOCC3)C2)n1. The minimum Gasteiger partial charge on any atom is -0.398 e. The number of anilines is 2. The van der Waals surface area contributed by atoms with Gasteiger partial charge in [-0.2, -0.15) is 5.26 Å². The van der Waals surface area contributed by atoms with Gasteiger partial charge in [0.05, 0.1) is 24.6 Å². The third kappa shape index (κ3) is 3.97. The summed E-state index contributed by atoms with van der Waals surface area (Å²) in [5.41, 5.74) is 8.73. The first-order chi connectivity index (χ1) is 15.2. The molecule has 0 bridgehead atoms. The van der Waals surface area contributed by atoms with Gasteiger partial charge in [-0.25, -0.2) is 15.0 Å². The van der Waals surface area contributed by atoms with E-state index >= 15 is 0 Å². The van der Waals surface area contributed by atoms with Crippen LogP contribution >= 0.6 is 11.3 Å². The Morgan fingerprint density at radius 1 is 1.16 bits per heavy atom. The minimum atomic E-state index is 0.345. The van der Waals surface area contributed by atoms with Crippen LogP contribution in [0.1, 0.15) is 12.0 Å². The van der Waals surface area contributed by atoms with Crippen molar-refractivity contribution in [2.75, 3.05) is 50.0 Å². The van der Waals surface area contributed by atoms with Crippen LogP contribution < -0.4 is 10.6 Å². The third-order valence-corrected chi connectivity index (χ3v) is 6.64. The molecule has 0 aliphatic carbocycles. The standard InChI is InChI=1S/C22H23N7OS/c23-13-16-17(24)12-19(22-25-5-11-31-22)27-21(16)18-2-1-3-20(26-18)29-6-4-15(14-29)28-7-9-30-10-8-28/h1-3,5,11-12,15H,4,6-10,14H2,(H2,24,27). The second-order valence-electron chi connectivity index (χ2n) is 7.69. The van der Waals surface area contributed by atoms with Crippen molar-refractivity contribution in [2.24, 2.45) is 0 Å². The van der Waals surface area contributed by atoms with Crippen molar-refractivity contribution < 1.29 is 4.74 Å². The minimum absolute atomic E-state index is 0.345. The fourth-order valence-electron chi connectivity index (χ4n) is 4.25. The highest BCUT2D eigenvalue weighted by molar-refractivity contribution is 7.13. The highest BCUT2D eigenvalue weighted by atomic mass is 32.1. The lowest BCUT2D eigenvalue weighted by atomic mass is 10.1. The van der Waals surface area contributed by atoms with E-state index in [1.54, 1.807) is 12.3 Å². The molecule has 0 amide bonds. The molecule has 5 rings (SSSR count). The zero-order chi connectivity index (χ0) is 21.2. The van der Waals surface area contributed by atoms with E-state index in [-0.39, 0.29) is 0 Å². The van der Waals surface area contributed by atoms with Crippen LogP contribution in [0.2, 0.25) is 0 Å².